The van der Waals surface area contributed by atoms with Gasteiger partial charge in [-0.15, -0.1) is 5.10 Å². The Hall–Kier alpha value is -2.35. The second kappa shape index (κ2) is 4.49. The molecule has 0 aliphatic heterocycles. The van der Waals surface area contributed by atoms with Crippen molar-refractivity contribution >= 4 is 5.69 Å². The molecule has 1 atom stereocenters. The summed E-state index contributed by atoms with van der Waals surface area (Å²) in [6, 6.07) is 2.89. The standard InChI is InChI=1S/C10H10FN5O2/c1-6(12)8-5-15(14-13-8)9-3-2-7(11)4-10(9)16(17)18/h2-6H,12H2,1H3. The first-order valence-corrected chi connectivity index (χ1v) is 5.11. The van der Waals surface area contributed by atoms with Gasteiger partial charge in [-0.2, -0.15) is 0 Å². The van der Waals surface area contributed by atoms with Crippen molar-refractivity contribution in [3.05, 3.63) is 46.0 Å². The van der Waals surface area contributed by atoms with Crippen LogP contribution in [0.4, 0.5) is 10.1 Å². The third-order valence-corrected chi connectivity index (χ3v) is 2.36. The summed E-state index contributed by atoms with van der Waals surface area (Å²) in [4.78, 5) is 10.2. The number of halogens is 1. The number of nitrogens with zero attached hydrogens (tertiary/aromatic N) is 4. The summed E-state index contributed by atoms with van der Waals surface area (Å²) in [5, 5.41) is 18.4. The topological polar surface area (TPSA) is 99.9 Å². The quantitative estimate of drug-likeness (QED) is 0.655. The Balaban J connectivity index is 2.52. The van der Waals surface area contributed by atoms with Gasteiger partial charge in [0.15, 0.2) is 0 Å². The maximum Gasteiger partial charge on any atom is 0.297 e. The van der Waals surface area contributed by atoms with Crippen molar-refractivity contribution in [2.24, 2.45) is 5.73 Å². The predicted octanol–water partition coefficient (Wildman–Crippen LogP) is 1.33. The molecule has 0 amide bonds. The summed E-state index contributed by atoms with van der Waals surface area (Å²) in [7, 11) is 0. The molecule has 0 saturated heterocycles. The van der Waals surface area contributed by atoms with Crippen molar-refractivity contribution in [1.29, 1.82) is 0 Å². The summed E-state index contributed by atoms with van der Waals surface area (Å²) in [6.45, 7) is 1.72. The first-order valence-electron chi connectivity index (χ1n) is 5.11. The van der Waals surface area contributed by atoms with Crippen molar-refractivity contribution in [2.75, 3.05) is 0 Å². The van der Waals surface area contributed by atoms with Gasteiger partial charge >= 0.3 is 0 Å². The first kappa shape index (κ1) is 12.1. The van der Waals surface area contributed by atoms with Crippen molar-refractivity contribution in [2.45, 2.75) is 13.0 Å². The highest BCUT2D eigenvalue weighted by molar-refractivity contribution is 5.51. The molecular weight excluding hydrogens is 241 g/mol. The molecule has 0 fully saturated rings. The van der Waals surface area contributed by atoms with Crippen molar-refractivity contribution < 1.29 is 9.31 Å². The highest BCUT2D eigenvalue weighted by Gasteiger charge is 2.18. The van der Waals surface area contributed by atoms with Crippen LogP contribution in [0.2, 0.25) is 0 Å². The molecule has 0 saturated carbocycles. The van der Waals surface area contributed by atoms with E-state index in [1.807, 2.05) is 0 Å². The second-order valence-electron chi connectivity index (χ2n) is 3.77. The fourth-order valence-electron chi connectivity index (χ4n) is 1.44. The van der Waals surface area contributed by atoms with Crippen LogP contribution in [0.3, 0.4) is 0 Å². The van der Waals surface area contributed by atoms with Gasteiger partial charge in [-0.3, -0.25) is 10.1 Å². The van der Waals surface area contributed by atoms with E-state index in [1.54, 1.807) is 6.92 Å². The van der Waals surface area contributed by atoms with Crippen LogP contribution in [0.25, 0.3) is 5.69 Å². The van der Waals surface area contributed by atoms with E-state index in [-0.39, 0.29) is 17.4 Å². The predicted molar refractivity (Wildman–Crippen MR) is 60.6 cm³/mol. The van der Waals surface area contributed by atoms with Crippen molar-refractivity contribution in [3.8, 4) is 5.69 Å². The highest BCUT2D eigenvalue weighted by Crippen LogP contribution is 2.23. The van der Waals surface area contributed by atoms with Crippen LogP contribution in [0.1, 0.15) is 18.7 Å². The summed E-state index contributed by atoms with van der Waals surface area (Å²) in [5.74, 6) is -0.682. The van der Waals surface area contributed by atoms with Gasteiger partial charge in [0.1, 0.15) is 11.5 Å². The SMILES string of the molecule is CC(N)c1cn(-c2ccc(F)cc2[N+](=O)[O-])nn1. The van der Waals surface area contributed by atoms with Crippen molar-refractivity contribution in [3.63, 3.8) is 0 Å². The lowest BCUT2D eigenvalue weighted by Gasteiger charge is -2.01. The zero-order valence-corrected chi connectivity index (χ0v) is 9.45. The number of rotatable bonds is 3. The number of benzene rings is 1. The Morgan fingerprint density at radius 3 is 2.83 bits per heavy atom. The Bertz CT molecular complexity index is 596. The van der Waals surface area contributed by atoms with Crippen molar-refractivity contribution in [1.82, 2.24) is 15.0 Å². The third kappa shape index (κ3) is 2.18. The maximum atomic E-state index is 13.0. The molecule has 0 aliphatic rings. The number of hydrogen-bond donors (Lipinski definition) is 1. The van der Waals surface area contributed by atoms with Gasteiger partial charge in [0, 0.05) is 6.04 Å². The van der Waals surface area contributed by atoms with Crippen LogP contribution >= 0.6 is 0 Å². The van der Waals surface area contributed by atoms with E-state index in [0.29, 0.717) is 5.69 Å². The molecule has 1 unspecified atom stereocenters. The van der Waals surface area contributed by atoms with Gasteiger partial charge in [0.2, 0.25) is 0 Å². The number of hydrogen-bond acceptors (Lipinski definition) is 5. The summed E-state index contributed by atoms with van der Waals surface area (Å²) in [5.41, 5.74) is 5.87. The molecule has 1 heterocycles. The Morgan fingerprint density at radius 1 is 1.56 bits per heavy atom. The fraction of sp³-hybridized carbons (Fsp3) is 0.200. The number of nitro groups is 1. The smallest absolute Gasteiger partial charge is 0.297 e. The zero-order chi connectivity index (χ0) is 13.3. The first-order chi connectivity index (χ1) is 8.49. The van der Waals surface area contributed by atoms with Crippen LogP contribution in [-0.2, 0) is 0 Å². The number of nitro benzene ring substituents is 1. The Labute approximate surface area is 101 Å². The zero-order valence-electron chi connectivity index (χ0n) is 9.45. The Kier molecular flexibility index (Phi) is 3.02. The van der Waals surface area contributed by atoms with Crippen LogP contribution in [0.5, 0.6) is 0 Å². The maximum absolute atomic E-state index is 13.0. The molecule has 0 aliphatic carbocycles. The molecular formula is C10H10FN5O2. The van der Waals surface area contributed by atoms with Gasteiger partial charge in [-0.05, 0) is 19.1 Å². The molecule has 0 bridgehead atoms. The van der Waals surface area contributed by atoms with Gasteiger partial charge in [0.25, 0.3) is 5.69 Å². The van der Waals surface area contributed by atoms with Gasteiger partial charge in [0.05, 0.1) is 22.9 Å². The van der Waals surface area contributed by atoms with E-state index in [0.717, 1.165) is 12.1 Å². The van der Waals surface area contributed by atoms with Crippen LogP contribution in [0, 0.1) is 15.9 Å². The molecule has 1 aromatic heterocycles. The van der Waals surface area contributed by atoms with Gasteiger partial charge in [-0.1, -0.05) is 5.21 Å². The van der Waals surface area contributed by atoms with E-state index >= 15 is 0 Å². The van der Waals surface area contributed by atoms with E-state index in [1.165, 1.54) is 16.9 Å². The van der Waals surface area contributed by atoms with E-state index in [4.69, 9.17) is 5.73 Å². The molecule has 0 radical (unpaired) electrons. The molecule has 18 heavy (non-hydrogen) atoms. The van der Waals surface area contributed by atoms with E-state index in [9.17, 15) is 14.5 Å². The average Bonchev–Trinajstić information content (AvgIpc) is 2.78. The van der Waals surface area contributed by atoms with Crippen LogP contribution in [-0.4, -0.2) is 19.9 Å². The van der Waals surface area contributed by atoms with Gasteiger partial charge in [-0.25, -0.2) is 9.07 Å². The molecule has 94 valence electrons. The normalized spacial score (nSPS) is 12.4. The minimum absolute atomic E-state index is 0.140. The van der Waals surface area contributed by atoms with Crippen LogP contribution in [0.15, 0.2) is 24.4 Å². The highest BCUT2D eigenvalue weighted by atomic mass is 19.1. The number of aromatic nitrogens is 3. The molecule has 2 N–H and O–H groups in total. The molecule has 2 aromatic rings. The lowest BCUT2D eigenvalue weighted by atomic mass is 10.2. The van der Waals surface area contributed by atoms with E-state index < -0.39 is 10.7 Å². The fourth-order valence-corrected chi connectivity index (χ4v) is 1.44. The van der Waals surface area contributed by atoms with Gasteiger partial charge < -0.3 is 5.73 Å². The summed E-state index contributed by atoms with van der Waals surface area (Å²) in [6.07, 6.45) is 1.48. The molecule has 2 rings (SSSR count). The molecule has 0 spiro atoms. The Morgan fingerprint density at radius 2 is 2.28 bits per heavy atom. The molecule has 1 aromatic carbocycles. The monoisotopic (exact) mass is 251 g/mol. The average molecular weight is 251 g/mol. The minimum atomic E-state index is -0.682. The lowest BCUT2D eigenvalue weighted by molar-refractivity contribution is -0.384. The summed E-state index contributed by atoms with van der Waals surface area (Å²) >= 11 is 0. The third-order valence-electron chi connectivity index (χ3n) is 2.36. The number of nitrogens with two attached hydrogens (primary N) is 1. The van der Waals surface area contributed by atoms with E-state index in [2.05, 4.69) is 10.3 Å². The lowest BCUT2D eigenvalue weighted by Crippen LogP contribution is -2.05. The largest absolute Gasteiger partial charge is 0.323 e. The molecule has 7 nitrogen and oxygen atoms in total. The summed E-state index contributed by atoms with van der Waals surface area (Å²) < 4.78 is 14.2. The second-order valence-corrected chi connectivity index (χ2v) is 3.77. The minimum Gasteiger partial charge on any atom is -0.323 e. The molecule has 8 heteroatoms. The van der Waals surface area contributed by atoms with Crippen LogP contribution < -0.4 is 5.73 Å².